The molecule has 22 heavy (non-hydrogen) atoms. The molecule has 1 aromatic carbocycles. The normalized spacial score (nSPS) is 16.5. The van der Waals surface area contributed by atoms with Crippen molar-refractivity contribution in [1.82, 2.24) is 4.90 Å². The third-order valence-corrected chi connectivity index (χ3v) is 3.82. The first kappa shape index (κ1) is 16.5. The second kappa shape index (κ2) is 6.46. The highest BCUT2D eigenvalue weighted by atomic mass is 16.6. The van der Waals surface area contributed by atoms with Gasteiger partial charge in [-0.25, -0.2) is 4.79 Å². The van der Waals surface area contributed by atoms with Crippen molar-refractivity contribution in [2.75, 3.05) is 20.2 Å². The lowest BCUT2D eigenvalue weighted by atomic mass is 9.89. The van der Waals surface area contributed by atoms with Crippen LogP contribution >= 0.6 is 0 Å². The van der Waals surface area contributed by atoms with Gasteiger partial charge in [0.05, 0.1) is 7.11 Å². The second-order valence-corrected chi connectivity index (χ2v) is 6.67. The van der Waals surface area contributed by atoms with Gasteiger partial charge in [0, 0.05) is 19.2 Å². The molecule has 122 valence electrons. The van der Waals surface area contributed by atoms with Crippen LogP contribution in [0.25, 0.3) is 0 Å². The fraction of sp³-hybridized carbons (Fsp3) is 0.588. The number of aromatic hydroxyl groups is 1. The van der Waals surface area contributed by atoms with E-state index in [0.29, 0.717) is 18.8 Å². The molecule has 0 radical (unpaired) electrons. The third-order valence-electron chi connectivity index (χ3n) is 3.82. The lowest BCUT2D eigenvalue weighted by molar-refractivity contribution is 0.0204. The molecule has 5 heteroatoms. The summed E-state index contributed by atoms with van der Waals surface area (Å²) in [5, 5.41) is 10.1. The Morgan fingerprint density at radius 3 is 2.41 bits per heavy atom. The number of phenols is 1. The first-order valence-electron chi connectivity index (χ1n) is 7.65. The zero-order valence-corrected chi connectivity index (χ0v) is 13.8. The molecule has 1 fully saturated rings. The molecule has 0 aromatic heterocycles. The van der Waals surface area contributed by atoms with Crippen molar-refractivity contribution in [2.24, 2.45) is 0 Å². The lowest BCUT2D eigenvalue weighted by Crippen LogP contribution is -2.41. The largest absolute Gasteiger partial charge is 0.508 e. The van der Waals surface area contributed by atoms with Gasteiger partial charge < -0.3 is 19.5 Å². The Balaban J connectivity index is 1.96. The highest BCUT2D eigenvalue weighted by Crippen LogP contribution is 2.35. The summed E-state index contributed by atoms with van der Waals surface area (Å²) in [6.45, 7) is 6.89. The highest BCUT2D eigenvalue weighted by molar-refractivity contribution is 5.68. The minimum Gasteiger partial charge on any atom is -0.508 e. The number of amides is 1. The SMILES string of the molecule is COc1ccc(C2CCN(C(=O)OC(C)(C)C)CC2)c(O)c1. The van der Waals surface area contributed by atoms with Gasteiger partial charge in [-0.1, -0.05) is 6.07 Å². The molecule has 1 N–H and O–H groups in total. The molecule has 0 spiro atoms. The number of methoxy groups -OCH3 is 1. The number of phenolic OH excluding ortho intramolecular Hbond substituents is 1. The maximum atomic E-state index is 12.0. The van der Waals surface area contributed by atoms with Gasteiger partial charge >= 0.3 is 6.09 Å². The zero-order valence-electron chi connectivity index (χ0n) is 13.8. The van der Waals surface area contributed by atoms with Crippen molar-refractivity contribution in [1.29, 1.82) is 0 Å². The van der Waals surface area contributed by atoms with Gasteiger partial charge in [0.2, 0.25) is 0 Å². The molecule has 0 atom stereocenters. The minimum atomic E-state index is -0.470. The lowest BCUT2D eigenvalue weighted by Gasteiger charge is -2.33. The van der Waals surface area contributed by atoms with Crippen molar-refractivity contribution in [2.45, 2.75) is 45.1 Å². The first-order valence-corrected chi connectivity index (χ1v) is 7.65. The summed E-state index contributed by atoms with van der Waals surface area (Å²) in [6.07, 6.45) is 1.38. The number of hydrogen-bond donors (Lipinski definition) is 1. The van der Waals surface area contributed by atoms with Crippen LogP contribution in [0.3, 0.4) is 0 Å². The molecular weight excluding hydrogens is 282 g/mol. The molecule has 5 nitrogen and oxygen atoms in total. The van der Waals surface area contributed by atoms with Crippen molar-refractivity contribution in [3.05, 3.63) is 23.8 Å². The standard InChI is InChI=1S/C17H25NO4/c1-17(2,3)22-16(20)18-9-7-12(8-10-18)14-6-5-13(21-4)11-15(14)19/h5-6,11-12,19H,7-10H2,1-4H3. The van der Waals surface area contributed by atoms with E-state index in [9.17, 15) is 9.90 Å². The number of likely N-dealkylation sites (tertiary alicyclic amines) is 1. The van der Waals surface area contributed by atoms with E-state index in [1.165, 1.54) is 0 Å². The van der Waals surface area contributed by atoms with Crippen LogP contribution in [0.5, 0.6) is 11.5 Å². The van der Waals surface area contributed by atoms with Gasteiger partial charge in [0.25, 0.3) is 0 Å². The van der Waals surface area contributed by atoms with E-state index in [1.807, 2.05) is 32.9 Å². The summed E-state index contributed by atoms with van der Waals surface area (Å²) in [6, 6.07) is 5.40. The summed E-state index contributed by atoms with van der Waals surface area (Å²) in [4.78, 5) is 13.8. The number of rotatable bonds is 2. The zero-order chi connectivity index (χ0) is 16.3. The summed E-state index contributed by atoms with van der Waals surface area (Å²) in [5.41, 5.74) is 0.451. The quantitative estimate of drug-likeness (QED) is 0.908. The Hall–Kier alpha value is -1.91. The topological polar surface area (TPSA) is 59.0 Å². The van der Waals surface area contributed by atoms with Crippen LogP contribution in [0.4, 0.5) is 4.79 Å². The number of piperidine rings is 1. The molecule has 0 bridgehead atoms. The van der Waals surface area contributed by atoms with Gasteiger partial charge in [-0.15, -0.1) is 0 Å². The average molecular weight is 307 g/mol. The van der Waals surface area contributed by atoms with Crippen molar-refractivity contribution < 1.29 is 19.4 Å². The molecule has 1 aromatic rings. The second-order valence-electron chi connectivity index (χ2n) is 6.67. The molecule has 0 aliphatic carbocycles. The van der Waals surface area contributed by atoms with Crippen LogP contribution in [-0.2, 0) is 4.74 Å². The molecule has 1 heterocycles. The van der Waals surface area contributed by atoms with Crippen LogP contribution in [0.2, 0.25) is 0 Å². The van der Waals surface area contributed by atoms with Gasteiger partial charge in [-0.2, -0.15) is 0 Å². The van der Waals surface area contributed by atoms with Gasteiger partial charge in [-0.05, 0) is 51.2 Å². The maximum Gasteiger partial charge on any atom is 0.410 e. The Kier molecular flexibility index (Phi) is 4.84. The van der Waals surface area contributed by atoms with Crippen molar-refractivity contribution in [3.63, 3.8) is 0 Å². The van der Waals surface area contributed by atoms with Crippen LogP contribution in [0.1, 0.15) is 45.1 Å². The predicted octanol–water partition coefficient (Wildman–Crippen LogP) is 3.52. The average Bonchev–Trinajstić information content (AvgIpc) is 2.45. The molecule has 1 amide bonds. The van der Waals surface area contributed by atoms with Crippen molar-refractivity contribution in [3.8, 4) is 11.5 Å². The highest BCUT2D eigenvalue weighted by Gasteiger charge is 2.28. The molecule has 1 saturated heterocycles. The van der Waals surface area contributed by atoms with Crippen molar-refractivity contribution >= 4 is 6.09 Å². The molecule has 1 aliphatic heterocycles. The molecule has 0 saturated carbocycles. The van der Waals surface area contributed by atoms with E-state index >= 15 is 0 Å². The van der Waals surface area contributed by atoms with E-state index in [4.69, 9.17) is 9.47 Å². The monoisotopic (exact) mass is 307 g/mol. The molecule has 0 unspecified atom stereocenters. The minimum absolute atomic E-state index is 0.254. The first-order chi connectivity index (χ1) is 10.3. The summed E-state index contributed by atoms with van der Waals surface area (Å²) >= 11 is 0. The van der Waals surface area contributed by atoms with E-state index in [-0.39, 0.29) is 17.8 Å². The predicted molar refractivity (Wildman–Crippen MR) is 84.4 cm³/mol. The maximum absolute atomic E-state index is 12.0. The van der Waals surface area contributed by atoms with Crippen LogP contribution < -0.4 is 4.74 Å². The molecule has 2 rings (SSSR count). The Labute approximate surface area is 131 Å². The fourth-order valence-electron chi connectivity index (χ4n) is 2.70. The summed E-state index contributed by atoms with van der Waals surface area (Å²) < 4.78 is 10.5. The summed E-state index contributed by atoms with van der Waals surface area (Å²) in [7, 11) is 1.58. The van der Waals surface area contributed by atoms with E-state index in [0.717, 1.165) is 18.4 Å². The van der Waals surface area contributed by atoms with E-state index in [1.54, 1.807) is 18.1 Å². The fourth-order valence-corrected chi connectivity index (χ4v) is 2.70. The number of nitrogens with zero attached hydrogens (tertiary/aromatic N) is 1. The smallest absolute Gasteiger partial charge is 0.410 e. The summed E-state index contributed by atoms with van der Waals surface area (Å²) in [5.74, 6) is 1.16. The van der Waals surface area contributed by atoms with Gasteiger partial charge in [0.1, 0.15) is 17.1 Å². The van der Waals surface area contributed by atoms with Gasteiger partial charge in [0.15, 0.2) is 0 Å². The van der Waals surface area contributed by atoms with Crippen LogP contribution in [0.15, 0.2) is 18.2 Å². The van der Waals surface area contributed by atoms with Gasteiger partial charge in [-0.3, -0.25) is 0 Å². The number of carbonyl (C=O) groups is 1. The third kappa shape index (κ3) is 4.06. The van der Waals surface area contributed by atoms with E-state index < -0.39 is 5.60 Å². The number of carbonyl (C=O) groups excluding carboxylic acids is 1. The Morgan fingerprint density at radius 1 is 1.27 bits per heavy atom. The Morgan fingerprint density at radius 2 is 1.91 bits per heavy atom. The van der Waals surface area contributed by atoms with Crippen LogP contribution in [-0.4, -0.2) is 41.9 Å². The molecule has 1 aliphatic rings. The van der Waals surface area contributed by atoms with E-state index in [2.05, 4.69) is 0 Å². The molecular formula is C17H25NO4. The van der Waals surface area contributed by atoms with Crippen LogP contribution in [0, 0.1) is 0 Å². The number of hydrogen-bond acceptors (Lipinski definition) is 4. The number of benzene rings is 1. The number of ether oxygens (including phenoxy) is 2. The Bertz CT molecular complexity index is 528.